The van der Waals surface area contributed by atoms with E-state index in [2.05, 4.69) is 0 Å². The fraction of sp³-hybridized carbons (Fsp3) is 0. The Balaban J connectivity index is 0. The van der Waals surface area contributed by atoms with Crippen molar-refractivity contribution in [3.05, 3.63) is 0 Å². The van der Waals surface area contributed by atoms with Gasteiger partial charge in [-0.15, -0.1) is 0 Å². The standard InChI is InChI=1S/Al.Cu.H3Si.Y.3H/h;;1H3;;;;. The second-order valence-corrected chi connectivity index (χ2v) is 0. The second kappa shape index (κ2) is 18.2. The normalized spacial score (nSPS) is 0. The maximum Gasteiger partial charge on any atom is 0.187 e. The van der Waals surface area contributed by atoms with Crippen molar-refractivity contribution >= 4 is 28.3 Å². The van der Waals surface area contributed by atoms with Crippen LogP contribution in [0.3, 0.4) is 0 Å². The Kier molecular flexibility index (Phi) is 149. The molecule has 0 saturated heterocycles. The average molecular weight is 214 g/mol. The topological polar surface area (TPSA) is 0 Å². The summed E-state index contributed by atoms with van der Waals surface area (Å²) in [6.45, 7) is 0. The molecule has 0 rings (SSSR count). The third-order valence-corrected chi connectivity index (χ3v) is 0. The summed E-state index contributed by atoms with van der Waals surface area (Å²) in [4.78, 5) is 0. The molecular formula is H6AlCuSiY. The van der Waals surface area contributed by atoms with Gasteiger partial charge in [-0.25, -0.2) is 0 Å². The van der Waals surface area contributed by atoms with Crippen LogP contribution in [0.5, 0.6) is 0 Å². The van der Waals surface area contributed by atoms with E-state index in [0.717, 1.165) is 0 Å². The molecule has 0 amide bonds. The van der Waals surface area contributed by atoms with E-state index in [4.69, 9.17) is 0 Å². The molecule has 0 fully saturated rings. The smallest absolute Gasteiger partial charge is 0.0125 e. The van der Waals surface area contributed by atoms with Crippen LogP contribution >= 0.6 is 0 Å². The predicted octanol–water partition coefficient (Wildman–Crippen LogP) is -2.37. The average Bonchev–Trinajstić information content (AvgIpc) is 0. The molecule has 0 heterocycles. The van der Waals surface area contributed by atoms with Gasteiger partial charge in [0.1, 0.15) is 0 Å². The molecule has 0 aromatic carbocycles. The quantitative estimate of drug-likeness (QED) is 0.395. The summed E-state index contributed by atoms with van der Waals surface area (Å²) < 4.78 is 0. The Morgan fingerprint density at radius 2 is 1.00 bits per heavy atom. The van der Waals surface area contributed by atoms with Crippen LogP contribution in [0, 0.1) is 0 Å². The minimum Gasteiger partial charge on any atom is -0.0125 e. The molecule has 0 atom stereocenters. The molecule has 3 radical (unpaired) electrons. The molecule has 0 aliphatic carbocycles. The van der Waals surface area contributed by atoms with E-state index in [9.17, 15) is 0 Å². The van der Waals surface area contributed by atoms with Crippen LogP contribution in [-0.4, -0.2) is 28.3 Å². The molecule has 0 aliphatic rings. The summed E-state index contributed by atoms with van der Waals surface area (Å²) in [6.07, 6.45) is 0. The van der Waals surface area contributed by atoms with Crippen LogP contribution in [-0.2, 0) is 49.8 Å². The molecule has 0 nitrogen and oxygen atoms in total. The third-order valence-electron chi connectivity index (χ3n) is 0. The fourth-order valence-electron chi connectivity index (χ4n) is 0. The van der Waals surface area contributed by atoms with E-state index in [-0.39, 0.29) is 78.1 Å². The van der Waals surface area contributed by atoms with Crippen molar-refractivity contribution in [2.45, 2.75) is 0 Å². The first-order chi connectivity index (χ1) is 0. The van der Waals surface area contributed by atoms with Gasteiger partial charge in [-0.2, -0.15) is 0 Å². The summed E-state index contributed by atoms with van der Waals surface area (Å²) in [6, 6.07) is 0. The van der Waals surface area contributed by atoms with Gasteiger partial charge in [0.05, 0.1) is 0 Å². The van der Waals surface area contributed by atoms with Crippen molar-refractivity contribution in [1.29, 1.82) is 0 Å². The van der Waals surface area contributed by atoms with Gasteiger partial charge in [0, 0.05) is 49.8 Å². The van der Waals surface area contributed by atoms with Crippen LogP contribution in [0.4, 0.5) is 0 Å². The Labute approximate surface area is 77.0 Å². The Morgan fingerprint density at radius 1 is 1.00 bits per heavy atom. The van der Waals surface area contributed by atoms with Crippen molar-refractivity contribution in [3.63, 3.8) is 0 Å². The first-order valence-corrected chi connectivity index (χ1v) is 0. The van der Waals surface area contributed by atoms with Crippen LogP contribution in [0.1, 0.15) is 0 Å². The fourth-order valence-corrected chi connectivity index (χ4v) is 0. The molecule has 0 bridgehead atoms. The first-order valence-electron chi connectivity index (χ1n) is 0. The minimum absolute atomic E-state index is 0. The van der Waals surface area contributed by atoms with E-state index < -0.39 is 0 Å². The minimum atomic E-state index is 0. The molecule has 4 heteroatoms. The summed E-state index contributed by atoms with van der Waals surface area (Å²) in [5, 5.41) is 0. The number of hydrogen-bond acceptors (Lipinski definition) is 0. The zero-order valence-corrected chi connectivity index (χ0v) is 7.66. The molecule has 4 heavy (non-hydrogen) atoms. The maximum absolute atomic E-state index is 0. The van der Waals surface area contributed by atoms with Crippen molar-refractivity contribution in [2.75, 3.05) is 0 Å². The Morgan fingerprint density at radius 3 is 1.00 bits per heavy atom. The van der Waals surface area contributed by atoms with Gasteiger partial charge in [-0.1, -0.05) is 0 Å². The number of hydrogen-bond donors (Lipinski definition) is 0. The van der Waals surface area contributed by atoms with E-state index in [0.29, 0.717) is 0 Å². The summed E-state index contributed by atoms with van der Waals surface area (Å²) in [5.74, 6) is 0. The summed E-state index contributed by atoms with van der Waals surface area (Å²) in [7, 11) is 0. The predicted molar refractivity (Wildman–Crippen MR) is 19.9 cm³/mol. The molecule has 0 N–H and O–H groups in total. The second-order valence-electron chi connectivity index (χ2n) is 0. The zero-order valence-electron chi connectivity index (χ0n) is 1.88. The van der Waals surface area contributed by atoms with Gasteiger partial charge >= 0.3 is 0 Å². The van der Waals surface area contributed by atoms with Gasteiger partial charge in [0.2, 0.25) is 0 Å². The van der Waals surface area contributed by atoms with Crippen LogP contribution < -0.4 is 0 Å². The molecule has 0 unspecified atom stereocenters. The monoisotopic (exact) mass is 213 g/mol. The van der Waals surface area contributed by atoms with Gasteiger partial charge in [-0.3, -0.25) is 0 Å². The van der Waals surface area contributed by atoms with E-state index >= 15 is 0 Å². The van der Waals surface area contributed by atoms with Gasteiger partial charge < -0.3 is 0 Å². The first kappa shape index (κ1) is 32.7. The largest absolute Gasteiger partial charge is 0.187 e. The zero-order chi connectivity index (χ0) is 0. The van der Waals surface area contributed by atoms with Gasteiger partial charge in [0.15, 0.2) is 17.4 Å². The molecule has 0 aromatic heterocycles. The molecule has 0 aromatic rings. The van der Waals surface area contributed by atoms with Crippen LogP contribution in [0.25, 0.3) is 0 Å². The summed E-state index contributed by atoms with van der Waals surface area (Å²) in [5.41, 5.74) is 0. The van der Waals surface area contributed by atoms with Crippen molar-refractivity contribution in [3.8, 4) is 0 Å². The van der Waals surface area contributed by atoms with Crippen molar-refractivity contribution in [2.24, 2.45) is 0 Å². The maximum atomic E-state index is 0. The van der Waals surface area contributed by atoms with Crippen LogP contribution in [0.15, 0.2) is 0 Å². The van der Waals surface area contributed by atoms with E-state index in [1.807, 2.05) is 0 Å². The number of rotatable bonds is 0. The van der Waals surface area contributed by atoms with E-state index in [1.165, 1.54) is 0 Å². The van der Waals surface area contributed by atoms with Crippen molar-refractivity contribution in [1.82, 2.24) is 0 Å². The Bertz CT molecular complexity index is 8.00. The van der Waals surface area contributed by atoms with Gasteiger partial charge in [0.25, 0.3) is 0 Å². The third kappa shape index (κ3) is 8.84. The SMILES string of the molecule is [AlH3].[Cu].[SiH3].[Y]. The van der Waals surface area contributed by atoms with Crippen LogP contribution in [0.2, 0.25) is 0 Å². The molecule has 0 aliphatic heterocycles. The molecule has 0 spiro atoms. The van der Waals surface area contributed by atoms with Gasteiger partial charge in [-0.05, 0) is 11.0 Å². The molecule has 0 saturated carbocycles. The van der Waals surface area contributed by atoms with Crippen molar-refractivity contribution < 1.29 is 49.8 Å². The summed E-state index contributed by atoms with van der Waals surface area (Å²) >= 11 is 0. The Hall–Kier alpha value is 2.37. The van der Waals surface area contributed by atoms with E-state index in [1.54, 1.807) is 0 Å². The molecule has 27 valence electrons. The molecular weight excluding hydrogens is 208 g/mol.